The summed E-state index contributed by atoms with van der Waals surface area (Å²) in [5.41, 5.74) is 2.50. The summed E-state index contributed by atoms with van der Waals surface area (Å²) in [5.74, 6) is 0.388. The van der Waals surface area contributed by atoms with Crippen molar-refractivity contribution in [2.24, 2.45) is 0 Å². The molecule has 0 spiro atoms. The number of pyridine rings is 2. The first-order chi connectivity index (χ1) is 17.8. The Balaban J connectivity index is 1.42. The molecule has 5 rings (SSSR count). The lowest BCUT2D eigenvalue weighted by Gasteiger charge is -2.28. The van der Waals surface area contributed by atoms with E-state index >= 15 is 0 Å². The molecule has 3 aromatic rings. The molecule has 0 radical (unpaired) electrons. The molecule has 2 aromatic heterocycles. The van der Waals surface area contributed by atoms with Crippen LogP contribution in [0.1, 0.15) is 15.9 Å². The molecule has 10 nitrogen and oxygen atoms in total. The van der Waals surface area contributed by atoms with E-state index in [0.29, 0.717) is 38.0 Å². The number of nitrogens with zero attached hydrogens (tertiary/aromatic N) is 3. The van der Waals surface area contributed by atoms with Crippen LogP contribution in [0.25, 0.3) is 11.1 Å². The van der Waals surface area contributed by atoms with Crippen LogP contribution in [0.15, 0.2) is 42.6 Å². The lowest BCUT2D eigenvalue weighted by Crippen LogP contribution is -2.36. The Morgan fingerprint density at radius 1 is 1.16 bits per heavy atom. The summed E-state index contributed by atoms with van der Waals surface area (Å²) in [6.07, 6.45) is -2.15. The Labute approximate surface area is 210 Å². The van der Waals surface area contributed by atoms with E-state index in [4.69, 9.17) is 9.47 Å². The van der Waals surface area contributed by atoms with Crippen LogP contribution >= 0.6 is 0 Å². The number of aliphatic hydroxyl groups excluding tert-OH is 1. The van der Waals surface area contributed by atoms with Crippen molar-refractivity contribution in [2.75, 3.05) is 49.7 Å². The highest BCUT2D eigenvalue weighted by molar-refractivity contribution is 6.04. The minimum absolute atomic E-state index is 0.0943. The fourth-order valence-corrected chi connectivity index (χ4v) is 4.01. The average Bonchev–Trinajstić information content (AvgIpc) is 3.21. The smallest absolute Gasteiger partial charge is 0.475 e. The van der Waals surface area contributed by atoms with Crippen LogP contribution in [0, 0.1) is 6.92 Å². The van der Waals surface area contributed by atoms with Gasteiger partial charge in [0.1, 0.15) is 18.2 Å². The quantitative estimate of drug-likeness (QED) is 0.490. The van der Waals surface area contributed by atoms with Crippen LogP contribution in [0.4, 0.5) is 20.4 Å². The number of nitrogens with one attached hydrogen (secondary N) is 1. The summed E-state index contributed by atoms with van der Waals surface area (Å²) in [6.45, 7) is 4.34. The molecule has 0 bridgehead atoms. The van der Waals surface area contributed by atoms with E-state index < -0.39 is 12.2 Å². The SMILES string of the molecule is Cc1cnc(NC(=O)c2ccc3c(c2)OC(F)(F)O3)cc1-c1cc(OCCO)nc(N2CCOCC2)c1. The predicted octanol–water partition coefficient (Wildman–Crippen LogP) is 3.23. The van der Waals surface area contributed by atoms with Gasteiger partial charge >= 0.3 is 6.29 Å². The lowest BCUT2D eigenvalue weighted by molar-refractivity contribution is -0.286. The van der Waals surface area contributed by atoms with Crippen molar-refractivity contribution in [2.45, 2.75) is 13.2 Å². The van der Waals surface area contributed by atoms with E-state index in [1.807, 2.05) is 13.0 Å². The van der Waals surface area contributed by atoms with Crippen LogP contribution in [-0.4, -0.2) is 66.8 Å². The number of amides is 1. The number of ether oxygens (including phenoxy) is 4. The van der Waals surface area contributed by atoms with Gasteiger partial charge in [-0.25, -0.2) is 4.98 Å². The molecule has 0 unspecified atom stereocenters. The summed E-state index contributed by atoms with van der Waals surface area (Å²) >= 11 is 0. The molecule has 1 fully saturated rings. The first-order valence-corrected chi connectivity index (χ1v) is 11.6. The monoisotopic (exact) mass is 514 g/mol. The number of alkyl halides is 2. The number of hydrogen-bond donors (Lipinski definition) is 2. The third kappa shape index (κ3) is 5.54. The number of halogens is 2. The zero-order valence-electron chi connectivity index (χ0n) is 19.9. The zero-order chi connectivity index (χ0) is 26.0. The molecule has 0 saturated carbocycles. The average molecular weight is 514 g/mol. The van der Waals surface area contributed by atoms with E-state index in [0.717, 1.165) is 16.7 Å². The summed E-state index contributed by atoms with van der Waals surface area (Å²) in [7, 11) is 0. The Hall–Kier alpha value is -4.03. The second-order valence-corrected chi connectivity index (χ2v) is 8.39. The highest BCUT2D eigenvalue weighted by Gasteiger charge is 2.43. The van der Waals surface area contributed by atoms with Crippen LogP contribution in [0.3, 0.4) is 0 Å². The van der Waals surface area contributed by atoms with Crippen LogP contribution < -0.4 is 24.4 Å². The van der Waals surface area contributed by atoms with E-state index in [-0.39, 0.29) is 36.1 Å². The van der Waals surface area contributed by atoms with Gasteiger partial charge in [0.2, 0.25) is 5.88 Å². The lowest BCUT2D eigenvalue weighted by atomic mass is 10.0. The molecular weight excluding hydrogens is 490 g/mol. The van der Waals surface area contributed by atoms with Gasteiger partial charge in [-0.1, -0.05) is 0 Å². The second-order valence-electron chi connectivity index (χ2n) is 8.39. The Bertz CT molecular complexity index is 1320. The maximum Gasteiger partial charge on any atom is 0.586 e. The van der Waals surface area contributed by atoms with Gasteiger partial charge in [-0.3, -0.25) is 4.79 Å². The molecule has 0 atom stereocenters. The number of aliphatic hydroxyl groups is 1. The van der Waals surface area contributed by atoms with E-state index in [1.54, 1.807) is 18.3 Å². The molecule has 2 aliphatic rings. The molecular formula is C25H24F2N4O6. The van der Waals surface area contributed by atoms with Gasteiger partial charge < -0.3 is 34.3 Å². The maximum atomic E-state index is 13.3. The van der Waals surface area contributed by atoms with Crippen molar-refractivity contribution in [3.05, 3.63) is 53.7 Å². The Morgan fingerprint density at radius 2 is 1.95 bits per heavy atom. The molecule has 4 heterocycles. The number of rotatable bonds is 7. The van der Waals surface area contributed by atoms with E-state index in [2.05, 4.69) is 29.7 Å². The second kappa shape index (κ2) is 10.1. The fraction of sp³-hybridized carbons (Fsp3) is 0.320. The van der Waals surface area contributed by atoms with Gasteiger partial charge in [-0.15, -0.1) is 8.78 Å². The molecule has 1 saturated heterocycles. The molecule has 1 amide bonds. The minimum Gasteiger partial charge on any atom is -0.475 e. The predicted molar refractivity (Wildman–Crippen MR) is 128 cm³/mol. The summed E-state index contributed by atoms with van der Waals surface area (Å²) in [5, 5.41) is 11.9. The number of aromatic nitrogens is 2. The number of benzene rings is 1. The van der Waals surface area contributed by atoms with Crippen molar-refractivity contribution < 1.29 is 37.6 Å². The van der Waals surface area contributed by atoms with Crippen LogP contribution in [0.5, 0.6) is 17.4 Å². The number of morpholine rings is 1. The molecule has 1 aromatic carbocycles. The molecule has 194 valence electrons. The van der Waals surface area contributed by atoms with Gasteiger partial charge in [-0.2, -0.15) is 4.98 Å². The number of aryl methyl sites for hydroxylation is 1. The number of fused-ring (bicyclic) bond motifs is 1. The minimum atomic E-state index is -3.77. The van der Waals surface area contributed by atoms with Crippen molar-refractivity contribution in [3.63, 3.8) is 0 Å². The van der Waals surface area contributed by atoms with Gasteiger partial charge in [-0.05, 0) is 53.9 Å². The Kier molecular flexibility index (Phi) is 6.76. The first-order valence-electron chi connectivity index (χ1n) is 11.6. The third-order valence-corrected chi connectivity index (χ3v) is 5.78. The molecule has 37 heavy (non-hydrogen) atoms. The van der Waals surface area contributed by atoms with Crippen LogP contribution in [0.2, 0.25) is 0 Å². The van der Waals surface area contributed by atoms with Gasteiger partial charge in [0, 0.05) is 30.9 Å². The number of carbonyl (C=O) groups is 1. The Morgan fingerprint density at radius 3 is 2.73 bits per heavy atom. The zero-order valence-corrected chi connectivity index (χ0v) is 19.9. The fourth-order valence-electron chi connectivity index (χ4n) is 4.01. The number of hydrogen-bond acceptors (Lipinski definition) is 9. The highest BCUT2D eigenvalue weighted by Crippen LogP contribution is 2.41. The molecule has 12 heteroatoms. The first kappa shape index (κ1) is 24.7. The standard InChI is InChI=1S/C25H24F2N4O6/c1-15-14-28-21(29-24(33)16-2-3-19-20(10-16)37-25(26,27)36-19)13-18(15)17-11-22(31-4-7-34-8-5-31)30-23(12-17)35-9-6-32/h2-3,10-14,32H,4-9H2,1H3,(H,28,29,33). The van der Waals surface area contributed by atoms with Gasteiger partial charge in [0.15, 0.2) is 11.5 Å². The molecule has 0 aliphatic carbocycles. The van der Waals surface area contributed by atoms with Crippen molar-refractivity contribution in [1.29, 1.82) is 0 Å². The van der Waals surface area contributed by atoms with Crippen molar-refractivity contribution in [1.82, 2.24) is 9.97 Å². The topological polar surface area (TPSA) is 115 Å². The van der Waals surface area contributed by atoms with E-state index in [1.165, 1.54) is 18.2 Å². The molecule has 2 N–H and O–H groups in total. The van der Waals surface area contributed by atoms with Crippen molar-refractivity contribution >= 4 is 17.5 Å². The number of anilines is 2. The third-order valence-electron chi connectivity index (χ3n) is 5.78. The highest BCUT2D eigenvalue weighted by atomic mass is 19.3. The van der Waals surface area contributed by atoms with Gasteiger partial charge in [0.25, 0.3) is 5.91 Å². The normalized spacial score (nSPS) is 15.9. The summed E-state index contributed by atoms with van der Waals surface area (Å²) in [4.78, 5) is 23.8. The van der Waals surface area contributed by atoms with Crippen LogP contribution in [-0.2, 0) is 4.74 Å². The summed E-state index contributed by atoms with van der Waals surface area (Å²) in [6, 6.07) is 9.17. The maximum absolute atomic E-state index is 13.3. The molecule has 2 aliphatic heterocycles. The number of carbonyl (C=O) groups excluding carboxylic acids is 1. The van der Waals surface area contributed by atoms with Gasteiger partial charge in [0.05, 0.1) is 19.8 Å². The van der Waals surface area contributed by atoms with Crippen molar-refractivity contribution in [3.8, 4) is 28.5 Å². The summed E-state index contributed by atoms with van der Waals surface area (Å²) < 4.78 is 46.5. The largest absolute Gasteiger partial charge is 0.586 e. The van der Waals surface area contributed by atoms with E-state index in [9.17, 15) is 18.7 Å².